The number of nitrogens with two attached hydrogens (primary N) is 1. The van der Waals surface area contributed by atoms with E-state index in [0.29, 0.717) is 5.56 Å². The summed E-state index contributed by atoms with van der Waals surface area (Å²) in [6.45, 7) is 1.83. The normalized spacial score (nSPS) is 11.9. The van der Waals surface area contributed by atoms with Crippen LogP contribution in [0.2, 0.25) is 0 Å². The van der Waals surface area contributed by atoms with Crippen molar-refractivity contribution in [1.82, 2.24) is 15.1 Å². The maximum absolute atomic E-state index is 12.3. The van der Waals surface area contributed by atoms with E-state index in [9.17, 15) is 4.79 Å². The molecule has 1 aromatic carbocycles. The molecule has 3 N–H and O–H groups in total. The van der Waals surface area contributed by atoms with Crippen molar-refractivity contribution in [2.45, 2.75) is 13.0 Å². The minimum Gasteiger partial charge on any atom is -0.391 e. The Kier molecular flexibility index (Phi) is 4.14. The Morgan fingerprint density at radius 3 is 2.55 bits per heavy atom. The predicted octanol–water partition coefficient (Wildman–Crippen LogP) is 1.49. The monoisotopic (exact) mass is 288 g/mol. The molecule has 5 nitrogen and oxygen atoms in total. The minimum atomic E-state index is -0.488. The van der Waals surface area contributed by atoms with Gasteiger partial charge < -0.3 is 11.1 Å². The standard InChI is InChI=1S/C14H16N4OS/c1-9-11(8-16-18(9)2)14(19)17-12(13(15)20)10-6-4-3-5-7-10/h3-8,12H,1-2H3,(H2,15,20)(H,17,19). The van der Waals surface area contributed by atoms with Gasteiger partial charge in [-0.05, 0) is 12.5 Å². The number of hydrogen-bond donors (Lipinski definition) is 2. The highest BCUT2D eigenvalue weighted by atomic mass is 32.1. The second-order valence-corrected chi connectivity index (χ2v) is 4.96. The van der Waals surface area contributed by atoms with E-state index in [-0.39, 0.29) is 10.9 Å². The van der Waals surface area contributed by atoms with Crippen LogP contribution in [0, 0.1) is 6.92 Å². The van der Waals surface area contributed by atoms with Gasteiger partial charge in [-0.2, -0.15) is 5.10 Å². The second-order valence-electron chi connectivity index (χ2n) is 4.49. The van der Waals surface area contributed by atoms with Gasteiger partial charge in [0.15, 0.2) is 0 Å². The van der Waals surface area contributed by atoms with Crippen molar-refractivity contribution in [1.29, 1.82) is 0 Å². The average Bonchev–Trinajstić information content (AvgIpc) is 2.77. The van der Waals surface area contributed by atoms with Gasteiger partial charge in [-0.3, -0.25) is 9.48 Å². The average molecular weight is 288 g/mol. The van der Waals surface area contributed by atoms with E-state index in [2.05, 4.69) is 10.4 Å². The Bertz CT molecular complexity index is 636. The number of nitrogens with zero attached hydrogens (tertiary/aromatic N) is 2. The zero-order valence-electron chi connectivity index (χ0n) is 11.3. The molecule has 6 heteroatoms. The van der Waals surface area contributed by atoms with Crippen LogP contribution < -0.4 is 11.1 Å². The largest absolute Gasteiger partial charge is 0.391 e. The summed E-state index contributed by atoms with van der Waals surface area (Å²) in [5.74, 6) is -0.239. The third-order valence-electron chi connectivity index (χ3n) is 3.17. The van der Waals surface area contributed by atoms with Crippen LogP contribution in [0.5, 0.6) is 0 Å². The molecule has 0 saturated carbocycles. The Balaban J connectivity index is 2.24. The molecule has 1 heterocycles. The van der Waals surface area contributed by atoms with Gasteiger partial charge in [-0.1, -0.05) is 42.5 Å². The lowest BCUT2D eigenvalue weighted by Crippen LogP contribution is -2.36. The molecule has 104 valence electrons. The van der Waals surface area contributed by atoms with Crippen molar-refractivity contribution in [2.24, 2.45) is 12.8 Å². The molecule has 0 fully saturated rings. The minimum absolute atomic E-state index is 0.228. The molecule has 0 radical (unpaired) electrons. The Hall–Kier alpha value is -2.21. The summed E-state index contributed by atoms with van der Waals surface area (Å²) in [5.41, 5.74) is 7.90. The van der Waals surface area contributed by atoms with Crippen molar-refractivity contribution in [3.8, 4) is 0 Å². The molecule has 1 unspecified atom stereocenters. The zero-order chi connectivity index (χ0) is 14.7. The fourth-order valence-corrected chi connectivity index (χ4v) is 2.09. The molecule has 20 heavy (non-hydrogen) atoms. The van der Waals surface area contributed by atoms with Crippen LogP contribution in [0.1, 0.15) is 27.7 Å². The molecule has 1 amide bonds. The molecule has 1 aromatic heterocycles. The van der Waals surface area contributed by atoms with E-state index in [1.54, 1.807) is 11.7 Å². The summed E-state index contributed by atoms with van der Waals surface area (Å²) in [4.78, 5) is 12.5. The van der Waals surface area contributed by atoms with Gasteiger partial charge in [0.05, 0.1) is 11.8 Å². The number of aryl methyl sites for hydroxylation is 1. The fraction of sp³-hybridized carbons (Fsp3) is 0.214. The van der Waals surface area contributed by atoms with Crippen LogP contribution in [-0.4, -0.2) is 20.7 Å². The molecule has 0 saturated heterocycles. The first-order valence-electron chi connectivity index (χ1n) is 6.14. The van der Waals surface area contributed by atoms with E-state index in [4.69, 9.17) is 18.0 Å². The predicted molar refractivity (Wildman–Crippen MR) is 81.4 cm³/mol. The highest BCUT2D eigenvalue weighted by molar-refractivity contribution is 7.80. The van der Waals surface area contributed by atoms with Crippen LogP contribution in [0.4, 0.5) is 0 Å². The van der Waals surface area contributed by atoms with Crippen molar-refractivity contribution in [2.75, 3.05) is 0 Å². The van der Waals surface area contributed by atoms with Crippen LogP contribution >= 0.6 is 12.2 Å². The maximum Gasteiger partial charge on any atom is 0.255 e. The number of aromatic nitrogens is 2. The molecule has 0 aliphatic heterocycles. The number of carbonyl (C=O) groups excluding carboxylic acids is 1. The number of nitrogens with one attached hydrogen (secondary N) is 1. The molecular formula is C14H16N4OS. The molecule has 2 aromatic rings. The van der Waals surface area contributed by atoms with Crippen LogP contribution in [-0.2, 0) is 7.05 Å². The van der Waals surface area contributed by atoms with E-state index in [1.165, 1.54) is 6.20 Å². The third kappa shape index (κ3) is 2.85. The van der Waals surface area contributed by atoms with Crippen molar-refractivity contribution in [3.05, 3.63) is 53.3 Å². The van der Waals surface area contributed by atoms with E-state index < -0.39 is 6.04 Å². The molecule has 2 rings (SSSR count). The van der Waals surface area contributed by atoms with E-state index in [0.717, 1.165) is 11.3 Å². The maximum atomic E-state index is 12.3. The number of hydrogen-bond acceptors (Lipinski definition) is 3. The van der Waals surface area contributed by atoms with Crippen molar-refractivity contribution < 1.29 is 4.79 Å². The van der Waals surface area contributed by atoms with Gasteiger partial charge in [0.2, 0.25) is 0 Å². The molecule has 0 aliphatic rings. The van der Waals surface area contributed by atoms with E-state index >= 15 is 0 Å². The highest BCUT2D eigenvalue weighted by Crippen LogP contribution is 2.15. The van der Waals surface area contributed by atoms with Gasteiger partial charge in [0.25, 0.3) is 5.91 Å². The summed E-state index contributed by atoms with van der Waals surface area (Å²) in [7, 11) is 1.79. The number of carbonyl (C=O) groups is 1. The van der Waals surface area contributed by atoms with Crippen LogP contribution in [0.15, 0.2) is 36.5 Å². The molecule has 0 spiro atoms. The van der Waals surface area contributed by atoms with Crippen molar-refractivity contribution >= 4 is 23.1 Å². The third-order valence-corrected chi connectivity index (χ3v) is 3.41. The smallest absolute Gasteiger partial charge is 0.255 e. The molecule has 0 aliphatic carbocycles. The lowest BCUT2D eigenvalue weighted by molar-refractivity contribution is 0.0946. The quantitative estimate of drug-likeness (QED) is 0.836. The van der Waals surface area contributed by atoms with Crippen molar-refractivity contribution in [3.63, 3.8) is 0 Å². The molecule has 1 atom stereocenters. The Morgan fingerprint density at radius 1 is 1.40 bits per heavy atom. The zero-order valence-corrected chi connectivity index (χ0v) is 12.1. The summed E-state index contributed by atoms with van der Waals surface area (Å²) in [6, 6.07) is 8.91. The van der Waals surface area contributed by atoms with Crippen LogP contribution in [0.3, 0.4) is 0 Å². The first-order chi connectivity index (χ1) is 9.50. The molecular weight excluding hydrogens is 272 g/mol. The highest BCUT2D eigenvalue weighted by Gasteiger charge is 2.20. The Labute approximate surface area is 122 Å². The van der Waals surface area contributed by atoms with Crippen LogP contribution in [0.25, 0.3) is 0 Å². The number of thiocarbonyl (C=S) groups is 1. The van der Waals surface area contributed by atoms with Gasteiger partial charge in [-0.25, -0.2) is 0 Å². The summed E-state index contributed by atoms with van der Waals surface area (Å²) >= 11 is 5.05. The number of benzene rings is 1. The first-order valence-corrected chi connectivity index (χ1v) is 6.55. The SMILES string of the molecule is Cc1c(C(=O)NC(C(N)=S)c2ccccc2)cnn1C. The van der Waals surface area contributed by atoms with Gasteiger partial charge in [0, 0.05) is 12.7 Å². The first kappa shape index (κ1) is 14.2. The Morgan fingerprint density at radius 2 is 2.05 bits per heavy atom. The van der Waals surface area contributed by atoms with Gasteiger partial charge >= 0.3 is 0 Å². The van der Waals surface area contributed by atoms with E-state index in [1.807, 2.05) is 37.3 Å². The van der Waals surface area contributed by atoms with Gasteiger partial charge in [0.1, 0.15) is 11.0 Å². The second kappa shape index (κ2) is 5.83. The fourth-order valence-electron chi connectivity index (χ4n) is 1.89. The summed E-state index contributed by atoms with van der Waals surface area (Å²) in [5, 5.41) is 6.90. The summed E-state index contributed by atoms with van der Waals surface area (Å²) in [6.07, 6.45) is 1.53. The lowest BCUT2D eigenvalue weighted by atomic mass is 10.1. The lowest BCUT2D eigenvalue weighted by Gasteiger charge is -2.17. The summed E-state index contributed by atoms with van der Waals surface area (Å²) < 4.78 is 1.65. The number of amides is 1. The molecule has 0 bridgehead atoms. The van der Waals surface area contributed by atoms with Gasteiger partial charge in [-0.15, -0.1) is 0 Å². The topological polar surface area (TPSA) is 72.9 Å². The number of rotatable bonds is 4.